The molecule has 0 aliphatic rings. The Balaban J connectivity index is 1.65. The molecule has 0 radical (unpaired) electrons. The molecule has 2 aromatic carbocycles. The van der Waals surface area contributed by atoms with Crippen molar-refractivity contribution in [2.24, 2.45) is 0 Å². The van der Waals surface area contributed by atoms with Gasteiger partial charge < -0.3 is 15.4 Å². The number of ketones is 1. The molecule has 28 heavy (non-hydrogen) atoms. The SMILES string of the molecule is CC(=O)c1ccc(OCCCC(=O)NCC(=O)Nc2cc(Cl)ccc2Cl)cc1. The Morgan fingerprint density at radius 2 is 1.71 bits per heavy atom. The molecule has 148 valence electrons. The summed E-state index contributed by atoms with van der Waals surface area (Å²) < 4.78 is 5.52. The second-order valence-electron chi connectivity index (χ2n) is 5.98. The van der Waals surface area contributed by atoms with Crippen LogP contribution in [0.4, 0.5) is 5.69 Å². The van der Waals surface area contributed by atoms with E-state index in [4.69, 9.17) is 27.9 Å². The molecule has 2 aromatic rings. The van der Waals surface area contributed by atoms with Crippen LogP contribution in [0, 0.1) is 0 Å². The average Bonchev–Trinajstić information content (AvgIpc) is 2.67. The third-order valence-corrected chi connectivity index (χ3v) is 4.29. The van der Waals surface area contributed by atoms with Crippen molar-refractivity contribution in [2.45, 2.75) is 19.8 Å². The number of carbonyl (C=O) groups excluding carboxylic acids is 3. The molecule has 8 heteroatoms. The van der Waals surface area contributed by atoms with Gasteiger partial charge in [0.05, 0.1) is 23.9 Å². The van der Waals surface area contributed by atoms with Crippen LogP contribution in [0.15, 0.2) is 42.5 Å². The fourth-order valence-electron chi connectivity index (χ4n) is 2.26. The molecule has 0 saturated heterocycles. The first-order valence-corrected chi connectivity index (χ1v) is 9.36. The number of Topliss-reactive ketones (excluding diaryl/α,β-unsaturated/α-hetero) is 1. The van der Waals surface area contributed by atoms with E-state index >= 15 is 0 Å². The number of hydrogen-bond donors (Lipinski definition) is 2. The summed E-state index contributed by atoms with van der Waals surface area (Å²) >= 11 is 11.8. The van der Waals surface area contributed by atoms with E-state index in [9.17, 15) is 14.4 Å². The van der Waals surface area contributed by atoms with Crippen molar-refractivity contribution in [3.63, 3.8) is 0 Å². The number of anilines is 1. The normalized spacial score (nSPS) is 10.2. The first-order valence-electron chi connectivity index (χ1n) is 8.60. The fraction of sp³-hybridized carbons (Fsp3) is 0.250. The summed E-state index contributed by atoms with van der Waals surface area (Å²) in [5, 5.41) is 5.93. The van der Waals surface area contributed by atoms with Gasteiger partial charge in [-0.1, -0.05) is 23.2 Å². The van der Waals surface area contributed by atoms with Gasteiger partial charge in [-0.25, -0.2) is 0 Å². The standard InChI is InChI=1S/C20H20Cl2N2O4/c1-13(25)14-4-7-16(8-5-14)28-10-2-3-19(26)23-12-20(27)24-18-11-15(21)6-9-17(18)22/h4-9,11H,2-3,10,12H2,1H3,(H,23,26)(H,24,27). The molecule has 0 saturated carbocycles. The second-order valence-corrected chi connectivity index (χ2v) is 6.83. The largest absolute Gasteiger partial charge is 0.494 e. The molecular formula is C20H20Cl2N2O4. The molecule has 2 rings (SSSR count). The van der Waals surface area contributed by atoms with E-state index in [1.54, 1.807) is 36.4 Å². The minimum atomic E-state index is -0.403. The van der Waals surface area contributed by atoms with Crippen molar-refractivity contribution in [3.8, 4) is 5.75 Å². The minimum absolute atomic E-state index is 0.00936. The number of benzene rings is 2. The van der Waals surface area contributed by atoms with Crippen molar-refractivity contribution < 1.29 is 19.1 Å². The third kappa shape index (κ3) is 7.21. The first kappa shape index (κ1) is 21.7. The van der Waals surface area contributed by atoms with Gasteiger partial charge >= 0.3 is 0 Å². The quantitative estimate of drug-likeness (QED) is 0.470. The highest BCUT2D eigenvalue weighted by atomic mass is 35.5. The maximum absolute atomic E-state index is 11.9. The Morgan fingerprint density at radius 3 is 2.39 bits per heavy atom. The average molecular weight is 423 g/mol. The van der Waals surface area contributed by atoms with Crippen molar-refractivity contribution in [1.82, 2.24) is 5.32 Å². The lowest BCUT2D eigenvalue weighted by Crippen LogP contribution is -2.32. The lowest BCUT2D eigenvalue weighted by molar-refractivity contribution is -0.124. The van der Waals surface area contributed by atoms with Gasteiger partial charge in [0.2, 0.25) is 11.8 Å². The number of amides is 2. The molecule has 0 bridgehead atoms. The maximum atomic E-state index is 11.9. The molecule has 2 amide bonds. The maximum Gasteiger partial charge on any atom is 0.243 e. The van der Waals surface area contributed by atoms with Gasteiger partial charge in [-0.05, 0) is 55.8 Å². The van der Waals surface area contributed by atoms with E-state index in [0.717, 1.165) is 0 Å². The molecule has 6 nitrogen and oxygen atoms in total. The summed E-state index contributed by atoms with van der Waals surface area (Å²) in [6, 6.07) is 11.5. The zero-order valence-corrected chi connectivity index (χ0v) is 16.8. The van der Waals surface area contributed by atoms with E-state index in [1.807, 2.05) is 0 Å². The summed E-state index contributed by atoms with van der Waals surface area (Å²) in [5.74, 6) is -0.0460. The van der Waals surface area contributed by atoms with Crippen LogP contribution in [-0.4, -0.2) is 30.7 Å². The van der Waals surface area contributed by atoms with E-state index in [1.165, 1.54) is 13.0 Å². The Morgan fingerprint density at radius 1 is 1.00 bits per heavy atom. The number of rotatable bonds is 9. The third-order valence-electron chi connectivity index (χ3n) is 3.73. The Bertz CT molecular complexity index is 854. The second kappa shape index (κ2) is 10.7. The summed E-state index contributed by atoms with van der Waals surface area (Å²) in [7, 11) is 0. The van der Waals surface area contributed by atoms with Crippen LogP contribution >= 0.6 is 23.2 Å². The summed E-state index contributed by atoms with van der Waals surface area (Å²) in [6.07, 6.45) is 0.707. The number of halogens is 2. The van der Waals surface area contributed by atoms with Crippen LogP contribution in [0.5, 0.6) is 5.75 Å². The monoisotopic (exact) mass is 422 g/mol. The molecule has 0 atom stereocenters. The molecule has 0 aromatic heterocycles. The highest BCUT2D eigenvalue weighted by molar-refractivity contribution is 6.35. The van der Waals surface area contributed by atoms with Gasteiger partial charge in [-0.3, -0.25) is 14.4 Å². The van der Waals surface area contributed by atoms with Crippen LogP contribution in [0.2, 0.25) is 10.0 Å². The Kier molecular flexibility index (Phi) is 8.29. The summed E-state index contributed by atoms with van der Waals surface area (Å²) in [6.45, 7) is 1.67. The van der Waals surface area contributed by atoms with Gasteiger partial charge in [-0.2, -0.15) is 0 Å². The molecule has 0 heterocycles. The van der Waals surface area contributed by atoms with Crippen LogP contribution in [0.1, 0.15) is 30.1 Å². The molecule has 0 unspecified atom stereocenters. The van der Waals surface area contributed by atoms with Gasteiger partial charge in [0, 0.05) is 17.0 Å². The van der Waals surface area contributed by atoms with Crippen LogP contribution in [-0.2, 0) is 9.59 Å². The van der Waals surface area contributed by atoms with E-state index in [0.29, 0.717) is 40.1 Å². The van der Waals surface area contributed by atoms with Gasteiger partial charge in [0.15, 0.2) is 5.78 Å². The predicted molar refractivity (Wildman–Crippen MR) is 109 cm³/mol. The molecule has 2 N–H and O–H groups in total. The van der Waals surface area contributed by atoms with Crippen molar-refractivity contribution in [1.29, 1.82) is 0 Å². The number of hydrogen-bond acceptors (Lipinski definition) is 4. The van der Waals surface area contributed by atoms with Crippen LogP contribution in [0.25, 0.3) is 0 Å². The van der Waals surface area contributed by atoms with Crippen molar-refractivity contribution in [3.05, 3.63) is 58.1 Å². The van der Waals surface area contributed by atoms with Crippen molar-refractivity contribution >= 4 is 46.5 Å². The molecule has 0 aliphatic carbocycles. The molecule has 0 aliphatic heterocycles. The highest BCUT2D eigenvalue weighted by Gasteiger charge is 2.09. The Labute approximate surface area is 173 Å². The molecular weight excluding hydrogens is 403 g/mol. The van der Waals surface area contributed by atoms with E-state index in [2.05, 4.69) is 10.6 Å². The minimum Gasteiger partial charge on any atom is -0.494 e. The van der Waals surface area contributed by atoms with Crippen molar-refractivity contribution in [2.75, 3.05) is 18.5 Å². The zero-order chi connectivity index (χ0) is 20.5. The highest BCUT2D eigenvalue weighted by Crippen LogP contribution is 2.25. The number of nitrogens with one attached hydrogen (secondary N) is 2. The van der Waals surface area contributed by atoms with E-state index in [-0.39, 0.29) is 24.7 Å². The lowest BCUT2D eigenvalue weighted by Gasteiger charge is -2.09. The smallest absolute Gasteiger partial charge is 0.243 e. The zero-order valence-electron chi connectivity index (χ0n) is 15.3. The first-order chi connectivity index (χ1) is 13.3. The van der Waals surface area contributed by atoms with Gasteiger partial charge in [0.1, 0.15) is 5.75 Å². The van der Waals surface area contributed by atoms with Gasteiger partial charge in [0.25, 0.3) is 0 Å². The summed E-state index contributed by atoms with van der Waals surface area (Å²) in [5.41, 5.74) is 1.00. The van der Waals surface area contributed by atoms with Crippen LogP contribution in [0.3, 0.4) is 0 Å². The predicted octanol–water partition coefficient (Wildman–Crippen LogP) is 4.11. The van der Waals surface area contributed by atoms with E-state index < -0.39 is 5.91 Å². The number of carbonyl (C=O) groups is 3. The summed E-state index contributed by atoms with van der Waals surface area (Å²) in [4.78, 5) is 34.9. The van der Waals surface area contributed by atoms with Gasteiger partial charge in [-0.15, -0.1) is 0 Å². The topological polar surface area (TPSA) is 84.5 Å². The Hall–Kier alpha value is -2.57. The molecule has 0 fully saturated rings. The lowest BCUT2D eigenvalue weighted by atomic mass is 10.1. The van der Waals surface area contributed by atoms with Crippen LogP contribution < -0.4 is 15.4 Å². The number of ether oxygens (including phenoxy) is 1. The fourth-order valence-corrected chi connectivity index (χ4v) is 2.60. The molecule has 0 spiro atoms.